The van der Waals surface area contributed by atoms with Gasteiger partial charge in [-0.1, -0.05) is 16.8 Å². The normalized spacial score (nSPS) is 22.2. The zero-order valence-electron chi connectivity index (χ0n) is 11.6. The molecule has 2 unspecified atom stereocenters. The molecule has 0 saturated carbocycles. The van der Waals surface area contributed by atoms with Crippen molar-refractivity contribution in [3.05, 3.63) is 29.1 Å². The maximum Gasteiger partial charge on any atom is 0.233 e. The predicted octanol–water partition coefficient (Wildman–Crippen LogP) is 2.23. The van der Waals surface area contributed by atoms with Crippen LogP contribution in [0, 0.1) is 0 Å². The molecular weight excluding hydrogens is 294 g/mol. The van der Waals surface area contributed by atoms with Crippen LogP contribution in [0.2, 0.25) is 5.02 Å². The number of benzene rings is 1. The van der Waals surface area contributed by atoms with E-state index in [1.54, 1.807) is 25.3 Å². The van der Waals surface area contributed by atoms with Crippen LogP contribution in [0.3, 0.4) is 0 Å². The number of rotatable bonds is 3. The van der Waals surface area contributed by atoms with Crippen LogP contribution in [0.1, 0.15) is 18.2 Å². The van der Waals surface area contributed by atoms with Gasteiger partial charge in [0.05, 0.1) is 25.2 Å². The fourth-order valence-electron chi connectivity index (χ4n) is 2.35. The number of methoxy groups -OCH3 is 1. The molecule has 1 aromatic carbocycles. The van der Waals surface area contributed by atoms with Gasteiger partial charge in [0.25, 0.3) is 0 Å². The highest BCUT2D eigenvalue weighted by Crippen LogP contribution is 2.32. The van der Waals surface area contributed by atoms with Crippen LogP contribution in [-0.4, -0.2) is 36.5 Å². The molecule has 1 fully saturated rings. The van der Waals surface area contributed by atoms with Gasteiger partial charge in [-0.15, -0.1) is 0 Å². The average Bonchev–Trinajstić information content (AvgIpc) is 2.97. The summed E-state index contributed by atoms with van der Waals surface area (Å²) in [5, 5.41) is 4.60. The topological polar surface area (TPSA) is 83.4 Å². The number of hydrogen-bond donors (Lipinski definition) is 1. The Bertz CT molecular complexity index is 632. The molecule has 7 heteroatoms. The second-order valence-electron chi connectivity index (χ2n) is 4.93. The Morgan fingerprint density at radius 3 is 3.05 bits per heavy atom. The van der Waals surface area contributed by atoms with Gasteiger partial charge in [-0.2, -0.15) is 4.98 Å². The van der Waals surface area contributed by atoms with Crippen molar-refractivity contribution in [3.63, 3.8) is 0 Å². The Kier molecular flexibility index (Phi) is 4.10. The summed E-state index contributed by atoms with van der Waals surface area (Å²) in [5.74, 6) is 1.47. The van der Waals surface area contributed by atoms with E-state index in [1.165, 1.54) is 0 Å². The SMILES string of the molecule is COc1cc(Cl)ccc1-c1noc(C2COCCC2N)n1. The second-order valence-corrected chi connectivity index (χ2v) is 5.37. The van der Waals surface area contributed by atoms with Crippen molar-refractivity contribution in [2.45, 2.75) is 18.4 Å². The maximum absolute atomic E-state index is 6.08. The highest BCUT2D eigenvalue weighted by Gasteiger charge is 2.29. The fourth-order valence-corrected chi connectivity index (χ4v) is 2.52. The molecule has 3 rings (SSSR count). The molecule has 1 aromatic heterocycles. The molecule has 2 N–H and O–H groups in total. The van der Waals surface area contributed by atoms with Crippen molar-refractivity contribution < 1.29 is 14.0 Å². The quantitative estimate of drug-likeness (QED) is 0.936. The standard InChI is InChI=1S/C14H16ClN3O3/c1-19-12-6-8(15)2-3-9(12)13-17-14(21-18-13)10-7-20-5-4-11(10)16/h2-3,6,10-11H,4-5,7,16H2,1H3. The molecule has 0 bridgehead atoms. The van der Waals surface area contributed by atoms with Crippen molar-refractivity contribution in [1.82, 2.24) is 10.1 Å². The lowest BCUT2D eigenvalue weighted by Crippen LogP contribution is -2.37. The third-order valence-electron chi connectivity index (χ3n) is 3.57. The molecule has 2 aromatic rings. The van der Waals surface area contributed by atoms with E-state index in [-0.39, 0.29) is 12.0 Å². The van der Waals surface area contributed by atoms with Crippen molar-refractivity contribution in [1.29, 1.82) is 0 Å². The van der Waals surface area contributed by atoms with Crippen molar-refractivity contribution in [3.8, 4) is 17.1 Å². The number of aromatic nitrogens is 2. The Hall–Kier alpha value is -1.63. The minimum atomic E-state index is -0.0710. The molecule has 0 spiro atoms. The van der Waals surface area contributed by atoms with Crippen LogP contribution >= 0.6 is 11.6 Å². The largest absolute Gasteiger partial charge is 0.496 e. The molecule has 0 radical (unpaired) electrons. The monoisotopic (exact) mass is 309 g/mol. The summed E-state index contributed by atoms with van der Waals surface area (Å²) in [4.78, 5) is 4.43. The third kappa shape index (κ3) is 2.88. The van der Waals surface area contributed by atoms with Gasteiger partial charge in [0, 0.05) is 17.7 Å². The van der Waals surface area contributed by atoms with Crippen molar-refractivity contribution in [2.24, 2.45) is 5.73 Å². The van der Waals surface area contributed by atoms with Gasteiger partial charge in [0.1, 0.15) is 5.75 Å². The molecule has 6 nitrogen and oxygen atoms in total. The first-order chi connectivity index (χ1) is 10.2. The van der Waals surface area contributed by atoms with E-state index in [2.05, 4.69) is 10.1 Å². The highest BCUT2D eigenvalue weighted by molar-refractivity contribution is 6.30. The molecule has 0 aliphatic carbocycles. The maximum atomic E-state index is 6.08. The molecule has 0 amide bonds. The number of nitrogens with two attached hydrogens (primary N) is 1. The molecule has 2 heterocycles. The molecule has 21 heavy (non-hydrogen) atoms. The average molecular weight is 310 g/mol. The van der Waals surface area contributed by atoms with E-state index in [1.807, 2.05) is 0 Å². The van der Waals surface area contributed by atoms with E-state index in [0.717, 1.165) is 12.0 Å². The van der Waals surface area contributed by atoms with E-state index in [9.17, 15) is 0 Å². The fraction of sp³-hybridized carbons (Fsp3) is 0.429. The Morgan fingerprint density at radius 2 is 2.29 bits per heavy atom. The summed E-state index contributed by atoms with van der Waals surface area (Å²) >= 11 is 5.95. The lowest BCUT2D eigenvalue weighted by atomic mass is 9.97. The summed E-state index contributed by atoms with van der Waals surface area (Å²) in [6.07, 6.45) is 0.784. The smallest absolute Gasteiger partial charge is 0.233 e. The Balaban J connectivity index is 1.91. The van der Waals surface area contributed by atoms with Crippen LogP contribution in [0.5, 0.6) is 5.75 Å². The van der Waals surface area contributed by atoms with Crippen LogP contribution in [0.15, 0.2) is 22.7 Å². The summed E-state index contributed by atoms with van der Waals surface area (Å²) in [7, 11) is 1.57. The van der Waals surface area contributed by atoms with Crippen LogP contribution in [0.4, 0.5) is 0 Å². The molecule has 112 valence electrons. The lowest BCUT2D eigenvalue weighted by molar-refractivity contribution is 0.0590. The first-order valence-corrected chi connectivity index (χ1v) is 7.07. The number of ether oxygens (including phenoxy) is 2. The summed E-state index contributed by atoms with van der Waals surface area (Å²) < 4.78 is 16.1. The van der Waals surface area contributed by atoms with Crippen molar-refractivity contribution >= 4 is 11.6 Å². The molecular formula is C14H16ClN3O3. The summed E-state index contributed by atoms with van der Waals surface area (Å²) in [5.41, 5.74) is 6.81. The molecule has 1 saturated heterocycles. The highest BCUT2D eigenvalue weighted by atomic mass is 35.5. The van der Waals surface area contributed by atoms with Gasteiger partial charge in [0.15, 0.2) is 0 Å². The Labute approximate surface area is 127 Å². The zero-order valence-corrected chi connectivity index (χ0v) is 12.3. The van der Waals surface area contributed by atoms with Crippen LogP contribution in [-0.2, 0) is 4.74 Å². The summed E-state index contributed by atoms with van der Waals surface area (Å²) in [6, 6.07) is 5.24. The van der Waals surface area contributed by atoms with E-state index < -0.39 is 0 Å². The van der Waals surface area contributed by atoms with Crippen molar-refractivity contribution in [2.75, 3.05) is 20.3 Å². The minimum absolute atomic E-state index is 0.0286. The van der Waals surface area contributed by atoms with E-state index in [4.69, 9.17) is 31.3 Å². The predicted molar refractivity (Wildman–Crippen MR) is 77.4 cm³/mol. The lowest BCUT2D eigenvalue weighted by Gasteiger charge is -2.25. The number of halogens is 1. The van der Waals surface area contributed by atoms with Gasteiger partial charge >= 0.3 is 0 Å². The van der Waals surface area contributed by atoms with Gasteiger partial charge < -0.3 is 19.7 Å². The first-order valence-electron chi connectivity index (χ1n) is 6.70. The second kappa shape index (κ2) is 6.01. The van der Waals surface area contributed by atoms with Crippen LogP contribution < -0.4 is 10.5 Å². The molecule has 2 atom stereocenters. The molecule has 1 aliphatic rings. The van der Waals surface area contributed by atoms with Gasteiger partial charge in [-0.3, -0.25) is 0 Å². The first kappa shape index (κ1) is 14.3. The minimum Gasteiger partial charge on any atom is -0.496 e. The van der Waals surface area contributed by atoms with Gasteiger partial charge in [-0.05, 0) is 24.6 Å². The number of nitrogens with zero attached hydrogens (tertiary/aromatic N) is 2. The third-order valence-corrected chi connectivity index (χ3v) is 3.81. The van der Waals surface area contributed by atoms with Gasteiger partial charge in [-0.25, -0.2) is 0 Å². The van der Waals surface area contributed by atoms with E-state index >= 15 is 0 Å². The van der Waals surface area contributed by atoms with Gasteiger partial charge in [0.2, 0.25) is 11.7 Å². The summed E-state index contributed by atoms with van der Waals surface area (Å²) in [6.45, 7) is 1.17. The van der Waals surface area contributed by atoms with Crippen LogP contribution in [0.25, 0.3) is 11.4 Å². The zero-order chi connectivity index (χ0) is 14.8. The van der Waals surface area contributed by atoms with E-state index in [0.29, 0.717) is 35.7 Å². The Morgan fingerprint density at radius 1 is 1.43 bits per heavy atom. The molecule has 1 aliphatic heterocycles. The number of hydrogen-bond acceptors (Lipinski definition) is 6.